The summed E-state index contributed by atoms with van der Waals surface area (Å²) in [7, 11) is -5.23. The lowest BCUT2D eigenvalue weighted by Crippen LogP contribution is -2.60. The van der Waals surface area contributed by atoms with Gasteiger partial charge in [-0.3, -0.25) is 4.79 Å². The van der Waals surface area contributed by atoms with E-state index < -0.39 is 24.8 Å². The number of anilines is 1. The standard InChI is InChI=1S/C12H29N5O2Si3/c1-20(2,3)17(21(4,5)6)12-13-14-15-16(12)10-11(18)19-22(7,8)9/h10H2,1-9H3. The topological polar surface area (TPSA) is 73.1 Å². The van der Waals surface area contributed by atoms with Crippen LogP contribution >= 0.6 is 0 Å². The van der Waals surface area contributed by atoms with E-state index in [4.69, 9.17) is 4.43 Å². The maximum atomic E-state index is 12.1. The molecule has 0 saturated heterocycles. The summed E-state index contributed by atoms with van der Waals surface area (Å²) in [6.07, 6.45) is 0. The summed E-state index contributed by atoms with van der Waals surface area (Å²) in [6, 6.07) is 0. The van der Waals surface area contributed by atoms with E-state index in [0.29, 0.717) is 5.95 Å². The van der Waals surface area contributed by atoms with Crippen LogP contribution in [0, 0.1) is 0 Å². The second-order valence-electron chi connectivity index (χ2n) is 8.40. The Morgan fingerprint density at radius 1 is 1.05 bits per heavy atom. The number of tetrazole rings is 1. The van der Waals surface area contributed by atoms with Crippen LogP contribution in [0.2, 0.25) is 58.9 Å². The van der Waals surface area contributed by atoms with E-state index in [9.17, 15) is 4.79 Å². The van der Waals surface area contributed by atoms with Crippen molar-refractivity contribution in [1.82, 2.24) is 20.2 Å². The zero-order valence-electron chi connectivity index (χ0n) is 15.3. The molecule has 0 N–H and O–H groups in total. The average Bonchev–Trinajstić information content (AvgIpc) is 2.57. The third-order valence-corrected chi connectivity index (χ3v) is 10.7. The highest BCUT2D eigenvalue weighted by Gasteiger charge is 2.38. The van der Waals surface area contributed by atoms with E-state index in [1.807, 2.05) is 19.6 Å². The van der Waals surface area contributed by atoms with Gasteiger partial charge in [0.25, 0.3) is 0 Å². The van der Waals surface area contributed by atoms with Crippen LogP contribution in [0.15, 0.2) is 0 Å². The predicted molar refractivity (Wildman–Crippen MR) is 96.4 cm³/mol. The number of carbonyl (C=O) groups is 1. The molecule has 0 aliphatic heterocycles. The van der Waals surface area contributed by atoms with Gasteiger partial charge >= 0.3 is 5.97 Å². The molecule has 1 aromatic rings. The van der Waals surface area contributed by atoms with Crippen LogP contribution in [-0.4, -0.2) is 51.0 Å². The number of nitrogens with zero attached hydrogens (tertiary/aromatic N) is 5. The lowest BCUT2D eigenvalue weighted by atomic mass is 10.7. The minimum atomic E-state index is -1.90. The smallest absolute Gasteiger partial charge is 0.314 e. The van der Waals surface area contributed by atoms with Gasteiger partial charge < -0.3 is 8.66 Å². The van der Waals surface area contributed by atoms with Gasteiger partial charge in [-0.15, -0.1) is 0 Å². The molecule has 0 aromatic carbocycles. The van der Waals surface area contributed by atoms with Gasteiger partial charge in [0.1, 0.15) is 23.0 Å². The fraction of sp³-hybridized carbons (Fsp3) is 0.833. The van der Waals surface area contributed by atoms with Gasteiger partial charge in [0.2, 0.25) is 14.3 Å². The molecule has 22 heavy (non-hydrogen) atoms. The lowest BCUT2D eigenvalue weighted by molar-refractivity contribution is -0.136. The van der Waals surface area contributed by atoms with Gasteiger partial charge in [-0.1, -0.05) is 44.4 Å². The Morgan fingerprint density at radius 2 is 1.55 bits per heavy atom. The molecule has 0 amide bonds. The molecule has 0 saturated carbocycles. The Hall–Kier alpha value is -1.01. The minimum absolute atomic E-state index is 0.0675. The molecular formula is C12H29N5O2Si3. The van der Waals surface area contributed by atoms with E-state index in [-0.39, 0.29) is 12.5 Å². The molecule has 0 aliphatic carbocycles. The molecular weight excluding hydrogens is 330 g/mol. The fourth-order valence-electron chi connectivity index (χ4n) is 2.56. The first-order chi connectivity index (χ1) is 9.72. The van der Waals surface area contributed by atoms with Crippen molar-refractivity contribution in [1.29, 1.82) is 0 Å². The minimum Gasteiger partial charge on any atom is -0.519 e. The molecule has 0 bridgehead atoms. The van der Waals surface area contributed by atoms with Gasteiger partial charge in [-0.05, 0) is 30.1 Å². The van der Waals surface area contributed by atoms with E-state index in [1.165, 1.54) is 0 Å². The van der Waals surface area contributed by atoms with E-state index in [0.717, 1.165) is 0 Å². The van der Waals surface area contributed by atoms with E-state index in [1.54, 1.807) is 4.68 Å². The third-order valence-electron chi connectivity index (χ3n) is 2.75. The van der Waals surface area contributed by atoms with Gasteiger partial charge in [0.15, 0.2) is 0 Å². The Morgan fingerprint density at radius 3 is 1.95 bits per heavy atom. The Balaban J connectivity index is 3.08. The zero-order chi connectivity index (χ0) is 17.3. The molecule has 1 heterocycles. The van der Waals surface area contributed by atoms with Gasteiger partial charge in [0, 0.05) is 0 Å². The van der Waals surface area contributed by atoms with E-state index >= 15 is 0 Å². The predicted octanol–water partition coefficient (Wildman–Crippen LogP) is 2.53. The molecule has 1 aromatic heterocycles. The lowest BCUT2D eigenvalue weighted by Gasteiger charge is -2.43. The van der Waals surface area contributed by atoms with Crippen molar-refractivity contribution in [3.63, 3.8) is 0 Å². The first kappa shape index (κ1) is 19.0. The normalized spacial score (nSPS) is 13.1. The number of hydrogen-bond donors (Lipinski definition) is 0. The monoisotopic (exact) mass is 359 g/mol. The van der Waals surface area contributed by atoms with Crippen molar-refractivity contribution in [3.05, 3.63) is 0 Å². The maximum Gasteiger partial charge on any atom is 0.314 e. The van der Waals surface area contributed by atoms with Crippen LogP contribution in [0.4, 0.5) is 5.95 Å². The van der Waals surface area contributed by atoms with Crippen LogP contribution < -0.4 is 4.23 Å². The molecule has 10 heteroatoms. The quantitative estimate of drug-likeness (QED) is 0.727. The van der Waals surface area contributed by atoms with Gasteiger partial charge in [-0.25, -0.2) is 4.68 Å². The van der Waals surface area contributed by atoms with Crippen molar-refractivity contribution in [2.24, 2.45) is 0 Å². The molecule has 0 spiro atoms. The average molecular weight is 360 g/mol. The van der Waals surface area contributed by atoms with Crippen LogP contribution in [0.3, 0.4) is 0 Å². The number of aromatic nitrogens is 4. The molecule has 1 rings (SSSR count). The van der Waals surface area contributed by atoms with E-state index in [2.05, 4.69) is 59.0 Å². The molecule has 0 aliphatic rings. The SMILES string of the molecule is C[Si](C)(C)OC(=O)Cn1nnnc1N([Si](C)(C)C)[Si](C)(C)C. The van der Waals surface area contributed by atoms with Gasteiger partial charge in [-0.2, -0.15) is 0 Å². The molecule has 0 unspecified atom stereocenters. The Kier molecular flexibility index (Phi) is 5.40. The summed E-state index contributed by atoms with van der Waals surface area (Å²) >= 11 is 0. The summed E-state index contributed by atoms with van der Waals surface area (Å²) < 4.78 is 9.48. The van der Waals surface area contributed by atoms with Crippen LogP contribution in [-0.2, 0) is 15.8 Å². The van der Waals surface area contributed by atoms with Crippen molar-refractivity contribution in [2.75, 3.05) is 4.23 Å². The molecule has 126 valence electrons. The zero-order valence-corrected chi connectivity index (χ0v) is 18.3. The highest BCUT2D eigenvalue weighted by atomic mass is 28.4. The van der Waals surface area contributed by atoms with Crippen LogP contribution in [0.5, 0.6) is 0 Å². The molecule has 7 nitrogen and oxygen atoms in total. The number of rotatable bonds is 6. The maximum absolute atomic E-state index is 12.1. The first-order valence-electron chi connectivity index (χ1n) is 7.50. The molecule has 0 atom stereocenters. The number of hydrogen-bond acceptors (Lipinski definition) is 6. The Labute approximate surface area is 136 Å². The van der Waals surface area contributed by atoms with Gasteiger partial charge in [0.05, 0.1) is 0 Å². The second-order valence-corrected chi connectivity index (χ2v) is 22.9. The third kappa shape index (κ3) is 5.32. The molecule has 0 fully saturated rings. The molecule has 0 radical (unpaired) electrons. The largest absolute Gasteiger partial charge is 0.519 e. The Bertz CT molecular complexity index is 514. The summed E-state index contributed by atoms with van der Waals surface area (Å²) in [5, 5.41) is 12.0. The van der Waals surface area contributed by atoms with Crippen LogP contribution in [0.25, 0.3) is 0 Å². The van der Waals surface area contributed by atoms with Crippen molar-refractivity contribution in [2.45, 2.75) is 65.5 Å². The highest BCUT2D eigenvalue weighted by Crippen LogP contribution is 2.25. The second kappa shape index (κ2) is 6.24. The van der Waals surface area contributed by atoms with Crippen molar-refractivity contribution < 1.29 is 9.22 Å². The van der Waals surface area contributed by atoms with Crippen molar-refractivity contribution in [3.8, 4) is 0 Å². The number of carbonyl (C=O) groups excluding carboxylic acids is 1. The summed E-state index contributed by atoms with van der Waals surface area (Å²) in [5.41, 5.74) is 0. The first-order valence-corrected chi connectivity index (χ1v) is 17.8. The highest BCUT2D eigenvalue weighted by molar-refractivity contribution is 6.99. The fourth-order valence-corrected chi connectivity index (χ4v) is 12.9. The summed E-state index contributed by atoms with van der Waals surface area (Å²) in [6.45, 7) is 19.6. The summed E-state index contributed by atoms with van der Waals surface area (Å²) in [5.74, 6) is 0.435. The van der Waals surface area contributed by atoms with Crippen molar-refractivity contribution >= 4 is 36.7 Å². The summed E-state index contributed by atoms with van der Waals surface area (Å²) in [4.78, 5) is 12.1. The van der Waals surface area contributed by atoms with Crippen LogP contribution in [0.1, 0.15) is 0 Å².